The molecule has 2 aromatic rings. The van der Waals surface area contributed by atoms with Gasteiger partial charge >= 0.3 is 0 Å². The third-order valence-corrected chi connectivity index (χ3v) is 4.39. The molecule has 1 amide bonds. The Morgan fingerprint density at radius 1 is 1.43 bits per heavy atom. The second-order valence-electron chi connectivity index (χ2n) is 5.95. The average molecular weight is 317 g/mol. The summed E-state index contributed by atoms with van der Waals surface area (Å²) < 4.78 is 15.4. The fraction of sp³-hybridized carbons (Fsp3) is 0.412. The number of piperidine rings is 1. The molecule has 1 atom stereocenters. The largest absolute Gasteiger partial charge is 0.396 e. The number of carbonyl (C=O) groups excluding carboxylic acids is 1. The maximum Gasteiger partial charge on any atom is 0.257 e. The number of benzene rings is 1. The first-order valence-corrected chi connectivity index (χ1v) is 7.81. The summed E-state index contributed by atoms with van der Waals surface area (Å²) in [6, 6.07) is 6.35. The zero-order valence-corrected chi connectivity index (χ0v) is 13.1. The molecule has 0 radical (unpaired) electrons. The van der Waals surface area contributed by atoms with E-state index in [1.165, 1.54) is 16.9 Å². The van der Waals surface area contributed by atoms with Crippen molar-refractivity contribution < 1.29 is 14.3 Å². The van der Waals surface area contributed by atoms with Crippen molar-refractivity contribution in [2.45, 2.75) is 19.8 Å². The van der Waals surface area contributed by atoms with Crippen LogP contribution in [-0.2, 0) is 0 Å². The van der Waals surface area contributed by atoms with Crippen molar-refractivity contribution in [3.05, 3.63) is 47.5 Å². The van der Waals surface area contributed by atoms with E-state index in [-0.39, 0.29) is 24.2 Å². The van der Waals surface area contributed by atoms with Gasteiger partial charge in [0.1, 0.15) is 11.5 Å². The molecular weight excluding hydrogens is 297 g/mol. The predicted octanol–water partition coefficient (Wildman–Crippen LogP) is 2.16. The maximum absolute atomic E-state index is 13.9. The molecule has 1 N–H and O–H groups in total. The van der Waals surface area contributed by atoms with Crippen molar-refractivity contribution in [3.63, 3.8) is 0 Å². The summed E-state index contributed by atoms with van der Waals surface area (Å²) in [6.45, 7) is 3.09. The van der Waals surface area contributed by atoms with E-state index < -0.39 is 0 Å². The number of hydrogen-bond donors (Lipinski definition) is 1. The van der Waals surface area contributed by atoms with Gasteiger partial charge in [0.25, 0.3) is 5.91 Å². The van der Waals surface area contributed by atoms with Gasteiger partial charge in [0, 0.05) is 19.7 Å². The van der Waals surface area contributed by atoms with Crippen LogP contribution in [-0.4, -0.2) is 45.4 Å². The van der Waals surface area contributed by atoms with E-state index in [2.05, 4.69) is 5.10 Å². The molecule has 0 saturated carbocycles. The Balaban J connectivity index is 1.87. The predicted molar refractivity (Wildman–Crippen MR) is 84.0 cm³/mol. The fourth-order valence-corrected chi connectivity index (χ4v) is 3.05. The fourth-order valence-electron chi connectivity index (χ4n) is 3.05. The van der Waals surface area contributed by atoms with E-state index in [9.17, 15) is 14.3 Å². The van der Waals surface area contributed by atoms with Gasteiger partial charge in [-0.1, -0.05) is 12.1 Å². The Kier molecular flexibility index (Phi) is 4.43. The van der Waals surface area contributed by atoms with Crippen LogP contribution in [0.4, 0.5) is 4.39 Å². The summed E-state index contributed by atoms with van der Waals surface area (Å²) in [5.41, 5.74) is 1.42. The lowest BCUT2D eigenvalue weighted by atomic mass is 9.98. The lowest BCUT2D eigenvalue weighted by Crippen LogP contribution is -2.41. The minimum Gasteiger partial charge on any atom is -0.396 e. The molecule has 1 saturated heterocycles. The standard InChI is InChI=1S/C17H20FN3O2/c1-12-14(17(23)20-8-4-5-13(10-20)11-22)9-19-21(12)16-7-3-2-6-15(16)18/h2-3,6-7,9,13,22H,4-5,8,10-11H2,1H3/t13-/m0/s1. The molecule has 1 aromatic carbocycles. The number of aromatic nitrogens is 2. The third-order valence-electron chi connectivity index (χ3n) is 4.39. The van der Waals surface area contributed by atoms with E-state index >= 15 is 0 Å². The van der Waals surface area contributed by atoms with Gasteiger partial charge in [-0.3, -0.25) is 4.79 Å². The first-order chi connectivity index (χ1) is 11.1. The van der Waals surface area contributed by atoms with Crippen LogP contribution in [0.2, 0.25) is 0 Å². The van der Waals surface area contributed by atoms with E-state index in [4.69, 9.17) is 0 Å². The Morgan fingerprint density at radius 2 is 2.22 bits per heavy atom. The molecule has 6 heteroatoms. The van der Waals surface area contributed by atoms with Crippen LogP contribution in [0.25, 0.3) is 5.69 Å². The number of para-hydroxylation sites is 1. The van der Waals surface area contributed by atoms with Gasteiger partial charge in [0.05, 0.1) is 17.5 Å². The summed E-state index contributed by atoms with van der Waals surface area (Å²) in [5.74, 6) is -0.353. The van der Waals surface area contributed by atoms with E-state index in [1.54, 1.807) is 30.0 Å². The lowest BCUT2D eigenvalue weighted by molar-refractivity contribution is 0.0620. The Hall–Kier alpha value is -2.21. The van der Waals surface area contributed by atoms with Crippen LogP contribution < -0.4 is 0 Å². The van der Waals surface area contributed by atoms with Crippen LogP contribution >= 0.6 is 0 Å². The molecule has 0 bridgehead atoms. The van der Waals surface area contributed by atoms with Crippen molar-refractivity contribution >= 4 is 5.91 Å². The summed E-state index contributed by atoms with van der Waals surface area (Å²) in [6.07, 6.45) is 3.32. The molecule has 3 rings (SSSR count). The first-order valence-electron chi connectivity index (χ1n) is 7.81. The van der Waals surface area contributed by atoms with Crippen molar-refractivity contribution in [3.8, 4) is 5.69 Å². The number of hydrogen-bond acceptors (Lipinski definition) is 3. The van der Waals surface area contributed by atoms with Crippen LogP contribution in [0.5, 0.6) is 0 Å². The number of carbonyl (C=O) groups is 1. The highest BCUT2D eigenvalue weighted by Gasteiger charge is 2.26. The molecule has 1 aromatic heterocycles. The summed E-state index contributed by atoms with van der Waals surface area (Å²) >= 11 is 0. The molecular formula is C17H20FN3O2. The summed E-state index contributed by atoms with van der Waals surface area (Å²) in [4.78, 5) is 14.5. The van der Waals surface area contributed by atoms with Crippen LogP contribution in [0.1, 0.15) is 28.9 Å². The second kappa shape index (κ2) is 6.50. The lowest BCUT2D eigenvalue weighted by Gasteiger charge is -2.31. The van der Waals surface area contributed by atoms with E-state index in [1.807, 2.05) is 0 Å². The van der Waals surface area contributed by atoms with Gasteiger partial charge in [-0.15, -0.1) is 0 Å². The molecule has 5 nitrogen and oxygen atoms in total. The highest BCUT2D eigenvalue weighted by molar-refractivity contribution is 5.95. The van der Waals surface area contributed by atoms with Crippen molar-refractivity contribution in [2.75, 3.05) is 19.7 Å². The zero-order chi connectivity index (χ0) is 16.4. The Morgan fingerprint density at radius 3 is 2.96 bits per heavy atom. The topological polar surface area (TPSA) is 58.4 Å². The SMILES string of the molecule is Cc1c(C(=O)N2CCC[C@H](CO)C2)cnn1-c1ccccc1F. The van der Waals surface area contributed by atoms with Crippen molar-refractivity contribution in [1.29, 1.82) is 0 Å². The van der Waals surface area contributed by atoms with Gasteiger partial charge in [0.2, 0.25) is 0 Å². The minimum atomic E-state index is -0.379. The molecule has 1 aliphatic rings. The normalized spacial score (nSPS) is 18.2. The molecule has 122 valence electrons. The second-order valence-corrected chi connectivity index (χ2v) is 5.95. The van der Waals surface area contributed by atoms with Gasteiger partial charge in [-0.2, -0.15) is 5.10 Å². The smallest absolute Gasteiger partial charge is 0.257 e. The number of aliphatic hydroxyl groups excluding tert-OH is 1. The quantitative estimate of drug-likeness (QED) is 0.944. The van der Waals surface area contributed by atoms with Gasteiger partial charge in [-0.25, -0.2) is 9.07 Å². The van der Waals surface area contributed by atoms with Crippen molar-refractivity contribution in [1.82, 2.24) is 14.7 Å². The molecule has 1 fully saturated rings. The average Bonchev–Trinajstić information content (AvgIpc) is 2.96. The molecule has 0 unspecified atom stereocenters. The van der Waals surface area contributed by atoms with Crippen LogP contribution in [0, 0.1) is 18.7 Å². The molecule has 1 aliphatic heterocycles. The van der Waals surface area contributed by atoms with Gasteiger partial charge in [-0.05, 0) is 37.8 Å². The summed E-state index contributed by atoms with van der Waals surface area (Å²) in [5, 5.41) is 13.5. The number of rotatable bonds is 3. The molecule has 2 heterocycles. The highest BCUT2D eigenvalue weighted by Crippen LogP contribution is 2.21. The first kappa shape index (κ1) is 15.7. The van der Waals surface area contributed by atoms with Crippen LogP contribution in [0.15, 0.2) is 30.5 Å². The van der Waals surface area contributed by atoms with E-state index in [0.29, 0.717) is 30.0 Å². The van der Waals surface area contributed by atoms with Gasteiger partial charge < -0.3 is 10.0 Å². The summed E-state index contributed by atoms with van der Waals surface area (Å²) in [7, 11) is 0. The zero-order valence-electron chi connectivity index (χ0n) is 13.1. The maximum atomic E-state index is 13.9. The number of nitrogens with zero attached hydrogens (tertiary/aromatic N) is 3. The minimum absolute atomic E-state index is 0.0945. The van der Waals surface area contributed by atoms with Crippen molar-refractivity contribution in [2.24, 2.45) is 5.92 Å². The number of amides is 1. The van der Waals surface area contributed by atoms with E-state index in [0.717, 1.165) is 12.8 Å². The monoisotopic (exact) mass is 317 g/mol. The third kappa shape index (κ3) is 2.99. The Labute approximate surface area is 134 Å². The molecule has 23 heavy (non-hydrogen) atoms. The highest BCUT2D eigenvalue weighted by atomic mass is 19.1. The number of halogens is 1. The Bertz CT molecular complexity index is 714. The molecule has 0 aliphatic carbocycles. The number of aliphatic hydroxyl groups is 1. The number of likely N-dealkylation sites (tertiary alicyclic amines) is 1. The van der Waals surface area contributed by atoms with Crippen LogP contribution in [0.3, 0.4) is 0 Å². The molecule has 0 spiro atoms. The van der Waals surface area contributed by atoms with Gasteiger partial charge in [0.15, 0.2) is 0 Å².